The number of fused-ring (bicyclic) bond motifs is 1. The van der Waals surface area contributed by atoms with Crippen molar-refractivity contribution in [2.45, 2.75) is 6.92 Å². The number of carbonyl (C=O) groups is 1. The van der Waals surface area contributed by atoms with Gasteiger partial charge in [0.1, 0.15) is 5.56 Å². The predicted molar refractivity (Wildman–Crippen MR) is 68.8 cm³/mol. The topological polar surface area (TPSA) is 108 Å². The van der Waals surface area contributed by atoms with Crippen LogP contribution >= 0.6 is 0 Å². The zero-order valence-corrected chi connectivity index (χ0v) is 10.1. The number of nitrogen functional groups attached to an aromatic ring is 1. The van der Waals surface area contributed by atoms with E-state index >= 15 is 0 Å². The highest BCUT2D eigenvalue weighted by atomic mass is 16.6. The van der Waals surface area contributed by atoms with E-state index in [-0.39, 0.29) is 23.5 Å². The number of esters is 1. The molecule has 7 heteroatoms. The lowest BCUT2D eigenvalue weighted by Gasteiger charge is -2.07. The first-order chi connectivity index (χ1) is 9.04. The molecular formula is C12H11N3O4. The molecule has 0 aliphatic carbocycles. The SMILES string of the molecule is CCOC(=O)c1cnc2cc([N+](=O)[O-])ccc2c1N. The van der Waals surface area contributed by atoms with Crippen LogP contribution in [0.1, 0.15) is 17.3 Å². The van der Waals surface area contributed by atoms with Crippen molar-refractivity contribution in [3.63, 3.8) is 0 Å². The van der Waals surface area contributed by atoms with Crippen LogP contribution < -0.4 is 5.73 Å². The van der Waals surface area contributed by atoms with E-state index in [9.17, 15) is 14.9 Å². The number of nitro benzene ring substituents is 1. The molecule has 0 unspecified atom stereocenters. The molecule has 0 atom stereocenters. The Kier molecular flexibility index (Phi) is 3.28. The van der Waals surface area contributed by atoms with E-state index in [0.29, 0.717) is 10.9 Å². The maximum absolute atomic E-state index is 11.6. The number of ether oxygens (including phenoxy) is 1. The van der Waals surface area contributed by atoms with Crippen molar-refractivity contribution < 1.29 is 14.5 Å². The van der Waals surface area contributed by atoms with Crippen LogP contribution in [0.4, 0.5) is 11.4 Å². The molecule has 2 N–H and O–H groups in total. The van der Waals surface area contributed by atoms with Gasteiger partial charge in [0.25, 0.3) is 5.69 Å². The van der Waals surface area contributed by atoms with Crippen molar-refractivity contribution in [1.82, 2.24) is 4.98 Å². The summed E-state index contributed by atoms with van der Waals surface area (Å²) < 4.78 is 4.85. The molecule has 0 aliphatic rings. The van der Waals surface area contributed by atoms with Crippen LogP contribution in [0.3, 0.4) is 0 Å². The number of nitrogens with two attached hydrogens (primary N) is 1. The summed E-state index contributed by atoms with van der Waals surface area (Å²) in [5, 5.41) is 11.1. The standard InChI is InChI=1S/C12H11N3O4/c1-2-19-12(16)9-6-14-10-5-7(15(17)18)3-4-8(10)11(9)13/h3-6H,2H2,1H3,(H2,13,14). The van der Waals surface area contributed by atoms with Crippen molar-refractivity contribution >= 4 is 28.2 Å². The molecule has 0 spiro atoms. The van der Waals surface area contributed by atoms with Gasteiger partial charge in [0.15, 0.2) is 0 Å². The highest BCUT2D eigenvalue weighted by Gasteiger charge is 2.16. The number of nitrogens with zero attached hydrogens (tertiary/aromatic N) is 2. The number of aromatic nitrogens is 1. The Bertz CT molecular complexity index is 669. The van der Waals surface area contributed by atoms with Crippen molar-refractivity contribution in [2.75, 3.05) is 12.3 Å². The van der Waals surface area contributed by atoms with Gasteiger partial charge in [-0.2, -0.15) is 0 Å². The van der Waals surface area contributed by atoms with Crippen LogP contribution in [0, 0.1) is 10.1 Å². The lowest BCUT2D eigenvalue weighted by Crippen LogP contribution is -2.09. The Morgan fingerprint density at radius 3 is 2.89 bits per heavy atom. The number of carbonyl (C=O) groups excluding carboxylic acids is 1. The minimum Gasteiger partial charge on any atom is -0.462 e. The van der Waals surface area contributed by atoms with Gasteiger partial charge < -0.3 is 10.5 Å². The first kappa shape index (κ1) is 12.7. The number of pyridine rings is 1. The Hall–Kier alpha value is -2.70. The third kappa shape index (κ3) is 2.30. The van der Waals surface area contributed by atoms with Gasteiger partial charge in [-0.05, 0) is 13.0 Å². The number of hydrogen-bond donors (Lipinski definition) is 1. The minimum absolute atomic E-state index is 0.0803. The lowest BCUT2D eigenvalue weighted by molar-refractivity contribution is -0.384. The van der Waals surface area contributed by atoms with E-state index in [1.54, 1.807) is 6.92 Å². The monoisotopic (exact) mass is 261 g/mol. The second-order valence-corrected chi connectivity index (χ2v) is 3.76. The van der Waals surface area contributed by atoms with Gasteiger partial charge in [-0.3, -0.25) is 15.1 Å². The molecule has 1 aromatic heterocycles. The van der Waals surface area contributed by atoms with Crippen LogP contribution in [0.5, 0.6) is 0 Å². The van der Waals surface area contributed by atoms with E-state index in [1.165, 1.54) is 24.4 Å². The zero-order valence-electron chi connectivity index (χ0n) is 10.1. The van der Waals surface area contributed by atoms with Crippen LogP contribution in [0.15, 0.2) is 24.4 Å². The van der Waals surface area contributed by atoms with E-state index in [2.05, 4.69) is 4.98 Å². The van der Waals surface area contributed by atoms with Gasteiger partial charge in [0, 0.05) is 23.7 Å². The Morgan fingerprint density at radius 1 is 1.53 bits per heavy atom. The molecule has 0 bridgehead atoms. The van der Waals surface area contributed by atoms with Crippen LogP contribution in [0.2, 0.25) is 0 Å². The molecule has 0 radical (unpaired) electrons. The van der Waals surface area contributed by atoms with Crippen molar-refractivity contribution in [3.05, 3.63) is 40.1 Å². The van der Waals surface area contributed by atoms with E-state index in [0.717, 1.165) is 0 Å². The predicted octanol–water partition coefficient (Wildman–Crippen LogP) is 1.90. The van der Waals surface area contributed by atoms with Gasteiger partial charge in [-0.25, -0.2) is 4.79 Å². The van der Waals surface area contributed by atoms with Gasteiger partial charge in [0.2, 0.25) is 0 Å². The van der Waals surface area contributed by atoms with Crippen LogP contribution in [0.25, 0.3) is 10.9 Å². The molecule has 19 heavy (non-hydrogen) atoms. The molecule has 0 aliphatic heterocycles. The van der Waals surface area contributed by atoms with Crippen molar-refractivity contribution in [3.8, 4) is 0 Å². The summed E-state index contributed by atoms with van der Waals surface area (Å²) in [6.07, 6.45) is 1.26. The van der Waals surface area contributed by atoms with Crippen LogP contribution in [-0.2, 0) is 4.74 Å². The zero-order chi connectivity index (χ0) is 14.0. The molecule has 98 valence electrons. The fourth-order valence-corrected chi connectivity index (χ4v) is 1.69. The van der Waals surface area contributed by atoms with Crippen molar-refractivity contribution in [2.24, 2.45) is 0 Å². The first-order valence-corrected chi connectivity index (χ1v) is 5.54. The summed E-state index contributed by atoms with van der Waals surface area (Å²) in [5.74, 6) is -0.562. The largest absolute Gasteiger partial charge is 0.462 e. The molecular weight excluding hydrogens is 250 g/mol. The smallest absolute Gasteiger partial charge is 0.341 e. The summed E-state index contributed by atoms with van der Waals surface area (Å²) in [4.78, 5) is 25.8. The number of hydrogen-bond acceptors (Lipinski definition) is 6. The Morgan fingerprint density at radius 2 is 2.26 bits per heavy atom. The van der Waals surface area contributed by atoms with Crippen LogP contribution in [-0.4, -0.2) is 22.5 Å². The second kappa shape index (κ2) is 4.89. The van der Waals surface area contributed by atoms with Gasteiger partial charge in [-0.15, -0.1) is 0 Å². The third-order valence-electron chi connectivity index (χ3n) is 2.60. The summed E-state index contributed by atoms with van der Waals surface area (Å²) >= 11 is 0. The van der Waals surface area contributed by atoms with Gasteiger partial charge in [0.05, 0.1) is 22.7 Å². The molecule has 0 amide bonds. The summed E-state index contributed by atoms with van der Waals surface area (Å²) in [6.45, 7) is 1.92. The normalized spacial score (nSPS) is 10.4. The molecule has 0 fully saturated rings. The number of nitro groups is 1. The molecule has 7 nitrogen and oxygen atoms in total. The third-order valence-corrected chi connectivity index (χ3v) is 2.60. The maximum Gasteiger partial charge on any atom is 0.341 e. The number of anilines is 1. The van der Waals surface area contributed by atoms with Crippen molar-refractivity contribution in [1.29, 1.82) is 0 Å². The van der Waals surface area contributed by atoms with E-state index in [4.69, 9.17) is 10.5 Å². The summed E-state index contributed by atoms with van der Waals surface area (Å²) in [6, 6.07) is 4.09. The highest BCUT2D eigenvalue weighted by molar-refractivity contribution is 6.04. The van der Waals surface area contributed by atoms with E-state index < -0.39 is 10.9 Å². The molecule has 1 aromatic carbocycles. The molecule has 0 saturated heterocycles. The van der Waals surface area contributed by atoms with E-state index in [1.807, 2.05) is 0 Å². The molecule has 1 heterocycles. The fourth-order valence-electron chi connectivity index (χ4n) is 1.69. The number of benzene rings is 1. The number of non-ortho nitro benzene ring substituents is 1. The number of rotatable bonds is 3. The highest BCUT2D eigenvalue weighted by Crippen LogP contribution is 2.26. The Balaban J connectivity index is 2.57. The average molecular weight is 261 g/mol. The first-order valence-electron chi connectivity index (χ1n) is 5.54. The fraction of sp³-hybridized carbons (Fsp3) is 0.167. The quantitative estimate of drug-likeness (QED) is 0.513. The van der Waals surface area contributed by atoms with Gasteiger partial charge in [-0.1, -0.05) is 0 Å². The summed E-state index contributed by atoms with van der Waals surface area (Å²) in [5.41, 5.74) is 6.51. The minimum atomic E-state index is -0.562. The molecule has 2 aromatic rings. The lowest BCUT2D eigenvalue weighted by atomic mass is 10.1. The maximum atomic E-state index is 11.6. The Labute approximate surface area is 108 Å². The molecule has 2 rings (SSSR count). The summed E-state index contributed by atoms with van der Waals surface area (Å²) in [7, 11) is 0. The second-order valence-electron chi connectivity index (χ2n) is 3.76. The average Bonchev–Trinajstić information content (AvgIpc) is 2.38. The molecule has 0 saturated carbocycles. The van der Waals surface area contributed by atoms with Gasteiger partial charge >= 0.3 is 5.97 Å².